The average Bonchev–Trinajstić information content (AvgIpc) is 2.78. The summed E-state index contributed by atoms with van der Waals surface area (Å²) < 4.78 is 11.3. The number of benzene rings is 2. The number of nitrogens with zero attached hydrogens (tertiary/aromatic N) is 2. The van der Waals surface area contributed by atoms with Crippen LogP contribution in [0.4, 0.5) is 10.5 Å². The Morgan fingerprint density at radius 1 is 1.00 bits per heavy atom. The van der Waals surface area contributed by atoms with Crippen molar-refractivity contribution >= 4 is 17.6 Å². The van der Waals surface area contributed by atoms with Gasteiger partial charge in [-0.2, -0.15) is 0 Å². The Morgan fingerprint density at radius 2 is 1.72 bits per heavy atom. The van der Waals surface area contributed by atoms with E-state index in [1.54, 1.807) is 35.1 Å². The van der Waals surface area contributed by atoms with Crippen LogP contribution < -0.4 is 14.8 Å². The van der Waals surface area contributed by atoms with Crippen LogP contribution in [0.15, 0.2) is 42.5 Å². The molecule has 1 fully saturated rings. The molecule has 0 radical (unpaired) electrons. The Morgan fingerprint density at radius 3 is 2.38 bits per heavy atom. The van der Waals surface area contributed by atoms with E-state index >= 15 is 0 Å². The van der Waals surface area contributed by atoms with Gasteiger partial charge < -0.3 is 24.6 Å². The van der Waals surface area contributed by atoms with Crippen molar-refractivity contribution in [3.8, 4) is 11.5 Å². The van der Waals surface area contributed by atoms with Crippen molar-refractivity contribution in [3.05, 3.63) is 53.6 Å². The molecular weight excluding hydrogens is 406 g/mol. The number of carbonyl (C=O) groups is 2. The van der Waals surface area contributed by atoms with Gasteiger partial charge >= 0.3 is 6.03 Å². The standard InChI is InChI=1S/C25H33N3O4/c1-18(2)10-15-32-22-9-8-20(17-23(22)31-4)24(29)27-11-13-28(14-12-27)25(30)26-21-7-5-6-19(3)16-21/h5-9,16-18H,10-15H2,1-4H3,(H,26,30). The Hall–Kier alpha value is -3.22. The lowest BCUT2D eigenvalue weighted by Crippen LogP contribution is -2.51. The van der Waals surface area contributed by atoms with Crippen LogP contribution in [0.25, 0.3) is 0 Å². The third-order valence-electron chi connectivity index (χ3n) is 5.49. The second-order valence-electron chi connectivity index (χ2n) is 8.48. The van der Waals surface area contributed by atoms with E-state index in [2.05, 4.69) is 19.2 Å². The van der Waals surface area contributed by atoms with Gasteiger partial charge in [-0.05, 0) is 55.2 Å². The number of methoxy groups -OCH3 is 1. The largest absolute Gasteiger partial charge is 0.493 e. The minimum Gasteiger partial charge on any atom is -0.493 e. The lowest BCUT2D eigenvalue weighted by Gasteiger charge is -2.34. The van der Waals surface area contributed by atoms with E-state index in [4.69, 9.17) is 9.47 Å². The number of piperazine rings is 1. The summed E-state index contributed by atoms with van der Waals surface area (Å²) in [5.41, 5.74) is 2.41. The van der Waals surface area contributed by atoms with Crippen LogP contribution in [-0.2, 0) is 0 Å². The monoisotopic (exact) mass is 439 g/mol. The summed E-state index contributed by atoms with van der Waals surface area (Å²) in [6.07, 6.45) is 0.950. The van der Waals surface area contributed by atoms with Crippen LogP contribution in [-0.4, -0.2) is 61.6 Å². The van der Waals surface area contributed by atoms with E-state index in [0.29, 0.717) is 55.8 Å². The number of hydrogen-bond donors (Lipinski definition) is 1. The van der Waals surface area contributed by atoms with E-state index in [-0.39, 0.29) is 11.9 Å². The number of anilines is 1. The molecule has 2 aromatic carbocycles. The molecule has 0 bridgehead atoms. The first kappa shape index (κ1) is 23.4. The number of rotatable bonds is 7. The lowest BCUT2D eigenvalue weighted by molar-refractivity contribution is 0.0671. The van der Waals surface area contributed by atoms with Gasteiger partial charge in [-0.25, -0.2) is 4.79 Å². The van der Waals surface area contributed by atoms with E-state index in [0.717, 1.165) is 17.7 Å². The molecule has 1 N–H and O–H groups in total. The van der Waals surface area contributed by atoms with Gasteiger partial charge in [0.1, 0.15) is 0 Å². The number of hydrogen-bond acceptors (Lipinski definition) is 4. The molecule has 0 spiro atoms. The fourth-order valence-corrected chi connectivity index (χ4v) is 3.55. The second-order valence-corrected chi connectivity index (χ2v) is 8.48. The highest BCUT2D eigenvalue weighted by Crippen LogP contribution is 2.29. The second kappa shape index (κ2) is 10.9. The molecule has 1 heterocycles. The molecule has 0 aromatic heterocycles. The van der Waals surface area contributed by atoms with E-state index < -0.39 is 0 Å². The van der Waals surface area contributed by atoms with Gasteiger partial charge in [0.2, 0.25) is 0 Å². The SMILES string of the molecule is COc1cc(C(=O)N2CCN(C(=O)Nc3cccc(C)c3)CC2)ccc1OCCC(C)C. The summed E-state index contributed by atoms with van der Waals surface area (Å²) in [6.45, 7) is 8.81. The van der Waals surface area contributed by atoms with Crippen molar-refractivity contribution in [2.24, 2.45) is 5.92 Å². The molecule has 3 rings (SSSR count). The van der Waals surface area contributed by atoms with Crippen molar-refractivity contribution in [3.63, 3.8) is 0 Å². The third-order valence-corrected chi connectivity index (χ3v) is 5.49. The molecule has 1 aliphatic heterocycles. The zero-order valence-corrected chi connectivity index (χ0v) is 19.4. The highest BCUT2D eigenvalue weighted by Gasteiger charge is 2.25. The molecule has 0 atom stereocenters. The van der Waals surface area contributed by atoms with Gasteiger partial charge in [-0.15, -0.1) is 0 Å². The fourth-order valence-electron chi connectivity index (χ4n) is 3.55. The smallest absolute Gasteiger partial charge is 0.321 e. The number of ether oxygens (including phenoxy) is 2. The van der Waals surface area contributed by atoms with Gasteiger partial charge in [-0.3, -0.25) is 4.79 Å². The minimum atomic E-state index is -0.146. The maximum absolute atomic E-state index is 13.0. The molecule has 1 aliphatic rings. The average molecular weight is 440 g/mol. The topological polar surface area (TPSA) is 71.1 Å². The molecule has 3 amide bonds. The van der Waals surface area contributed by atoms with Gasteiger partial charge in [0, 0.05) is 37.4 Å². The summed E-state index contributed by atoms with van der Waals surface area (Å²) in [5.74, 6) is 1.67. The minimum absolute atomic E-state index is 0.0734. The van der Waals surface area contributed by atoms with Gasteiger partial charge in [-0.1, -0.05) is 26.0 Å². The Balaban J connectivity index is 1.55. The summed E-state index contributed by atoms with van der Waals surface area (Å²) in [6, 6.07) is 12.8. The molecule has 0 unspecified atom stereocenters. The predicted octanol–water partition coefficient (Wildman–Crippen LogP) is 4.42. The van der Waals surface area contributed by atoms with Crippen molar-refractivity contribution in [2.75, 3.05) is 45.2 Å². The first-order valence-electron chi connectivity index (χ1n) is 11.1. The van der Waals surface area contributed by atoms with Crippen LogP contribution in [0.1, 0.15) is 36.2 Å². The zero-order valence-electron chi connectivity index (χ0n) is 19.4. The van der Waals surface area contributed by atoms with Gasteiger partial charge in [0.25, 0.3) is 5.91 Å². The molecule has 1 saturated heterocycles. The van der Waals surface area contributed by atoms with Crippen LogP contribution in [0, 0.1) is 12.8 Å². The van der Waals surface area contributed by atoms with Gasteiger partial charge in [0.05, 0.1) is 13.7 Å². The van der Waals surface area contributed by atoms with Crippen LogP contribution in [0.3, 0.4) is 0 Å². The number of carbonyl (C=O) groups excluding carboxylic acids is 2. The van der Waals surface area contributed by atoms with Crippen LogP contribution >= 0.6 is 0 Å². The molecule has 0 saturated carbocycles. The molecule has 7 heteroatoms. The summed E-state index contributed by atoms with van der Waals surface area (Å²) in [5, 5.41) is 2.93. The van der Waals surface area contributed by atoms with E-state index in [9.17, 15) is 9.59 Å². The Labute approximate surface area is 190 Å². The van der Waals surface area contributed by atoms with Gasteiger partial charge in [0.15, 0.2) is 11.5 Å². The fraction of sp³-hybridized carbons (Fsp3) is 0.440. The quantitative estimate of drug-likeness (QED) is 0.693. The van der Waals surface area contributed by atoms with Crippen molar-refractivity contribution in [2.45, 2.75) is 27.2 Å². The van der Waals surface area contributed by atoms with E-state index in [1.807, 2.05) is 31.2 Å². The number of nitrogens with one attached hydrogen (secondary N) is 1. The first-order chi connectivity index (χ1) is 15.4. The number of aryl methyl sites for hydroxylation is 1. The zero-order chi connectivity index (χ0) is 23.1. The molecular formula is C25H33N3O4. The highest BCUT2D eigenvalue weighted by molar-refractivity contribution is 5.95. The summed E-state index contributed by atoms with van der Waals surface area (Å²) in [7, 11) is 1.57. The molecule has 0 aliphatic carbocycles. The summed E-state index contributed by atoms with van der Waals surface area (Å²) >= 11 is 0. The molecule has 172 valence electrons. The maximum Gasteiger partial charge on any atom is 0.321 e. The van der Waals surface area contributed by atoms with Crippen molar-refractivity contribution in [1.82, 2.24) is 9.80 Å². The Kier molecular flexibility index (Phi) is 7.98. The highest BCUT2D eigenvalue weighted by atomic mass is 16.5. The van der Waals surface area contributed by atoms with Crippen LogP contribution in [0.5, 0.6) is 11.5 Å². The first-order valence-corrected chi connectivity index (χ1v) is 11.1. The normalized spacial score (nSPS) is 13.8. The third kappa shape index (κ3) is 6.15. The van der Waals surface area contributed by atoms with Crippen LogP contribution in [0.2, 0.25) is 0 Å². The number of amides is 3. The van der Waals surface area contributed by atoms with E-state index in [1.165, 1.54) is 0 Å². The molecule has 2 aromatic rings. The Bertz CT molecular complexity index is 937. The lowest BCUT2D eigenvalue weighted by atomic mass is 10.1. The molecule has 32 heavy (non-hydrogen) atoms. The maximum atomic E-state index is 13.0. The van der Waals surface area contributed by atoms with Crippen molar-refractivity contribution < 1.29 is 19.1 Å². The molecule has 7 nitrogen and oxygen atoms in total. The van der Waals surface area contributed by atoms with Crippen molar-refractivity contribution in [1.29, 1.82) is 0 Å². The summed E-state index contributed by atoms with van der Waals surface area (Å²) in [4.78, 5) is 29.1. The predicted molar refractivity (Wildman–Crippen MR) is 126 cm³/mol. The number of urea groups is 1.